The van der Waals surface area contributed by atoms with Gasteiger partial charge in [-0.2, -0.15) is 0 Å². The number of hydrogen-bond donors (Lipinski definition) is 1. The van der Waals surface area contributed by atoms with E-state index >= 15 is 0 Å². The SMILES string of the molecule is COC(=O)[C@@H](N(C)NCc1cccc(C)c1F)C(C)(C)C. The largest absolute Gasteiger partial charge is 0.468 e. The van der Waals surface area contributed by atoms with Gasteiger partial charge in [0, 0.05) is 19.2 Å². The van der Waals surface area contributed by atoms with Crippen LogP contribution in [0.4, 0.5) is 4.39 Å². The third kappa shape index (κ3) is 4.51. The predicted molar refractivity (Wildman–Crippen MR) is 81.0 cm³/mol. The number of carbonyl (C=O) groups excluding carboxylic acids is 1. The smallest absolute Gasteiger partial charge is 0.325 e. The quantitative estimate of drug-likeness (QED) is 0.670. The molecule has 5 heteroatoms. The van der Waals surface area contributed by atoms with Crippen LogP contribution in [0.3, 0.4) is 0 Å². The molecule has 1 aromatic rings. The molecule has 0 saturated heterocycles. The summed E-state index contributed by atoms with van der Waals surface area (Å²) in [5.41, 5.74) is 3.95. The lowest BCUT2D eigenvalue weighted by atomic mass is 9.86. The van der Waals surface area contributed by atoms with Gasteiger partial charge in [0.2, 0.25) is 0 Å². The molecule has 118 valence electrons. The molecule has 21 heavy (non-hydrogen) atoms. The molecule has 1 rings (SSSR count). The maximum absolute atomic E-state index is 14.0. The minimum absolute atomic E-state index is 0.219. The zero-order valence-electron chi connectivity index (χ0n) is 13.7. The van der Waals surface area contributed by atoms with Gasteiger partial charge < -0.3 is 4.74 Å². The number of rotatable bonds is 5. The van der Waals surface area contributed by atoms with Gasteiger partial charge >= 0.3 is 5.97 Å². The summed E-state index contributed by atoms with van der Waals surface area (Å²) in [5.74, 6) is -0.536. The Balaban J connectivity index is 2.81. The molecule has 4 nitrogen and oxygen atoms in total. The van der Waals surface area contributed by atoms with Crippen molar-refractivity contribution in [1.82, 2.24) is 10.4 Å². The summed E-state index contributed by atoms with van der Waals surface area (Å²) in [7, 11) is 3.13. The highest BCUT2D eigenvalue weighted by Gasteiger charge is 2.35. The van der Waals surface area contributed by atoms with E-state index in [1.807, 2.05) is 26.8 Å². The Morgan fingerprint density at radius 1 is 1.43 bits per heavy atom. The number of esters is 1. The minimum Gasteiger partial charge on any atom is -0.468 e. The molecular formula is C16H25FN2O2. The van der Waals surface area contributed by atoms with Crippen LogP contribution in [0.5, 0.6) is 0 Å². The number of nitrogens with zero attached hydrogens (tertiary/aromatic N) is 1. The van der Waals surface area contributed by atoms with Gasteiger partial charge in [0.15, 0.2) is 0 Å². The summed E-state index contributed by atoms with van der Waals surface area (Å²) < 4.78 is 18.8. The van der Waals surface area contributed by atoms with Gasteiger partial charge in [-0.25, -0.2) is 9.40 Å². The summed E-state index contributed by atoms with van der Waals surface area (Å²) >= 11 is 0. The summed E-state index contributed by atoms with van der Waals surface area (Å²) in [4.78, 5) is 12.0. The van der Waals surface area contributed by atoms with E-state index < -0.39 is 6.04 Å². The molecule has 0 heterocycles. The molecule has 1 atom stereocenters. The van der Waals surface area contributed by atoms with E-state index in [1.54, 1.807) is 31.1 Å². The highest BCUT2D eigenvalue weighted by atomic mass is 19.1. The Morgan fingerprint density at radius 3 is 2.57 bits per heavy atom. The van der Waals surface area contributed by atoms with Crippen molar-refractivity contribution in [1.29, 1.82) is 0 Å². The Labute approximate surface area is 126 Å². The molecule has 0 saturated carbocycles. The molecule has 0 radical (unpaired) electrons. The van der Waals surface area contributed by atoms with Crippen LogP contribution in [0.15, 0.2) is 18.2 Å². The molecule has 0 fully saturated rings. The molecular weight excluding hydrogens is 271 g/mol. The second-order valence-corrected chi connectivity index (χ2v) is 6.29. The topological polar surface area (TPSA) is 41.6 Å². The van der Waals surface area contributed by atoms with Crippen LogP contribution in [-0.4, -0.2) is 31.2 Å². The Kier molecular flexibility index (Phi) is 5.87. The molecule has 0 spiro atoms. The monoisotopic (exact) mass is 296 g/mol. The van der Waals surface area contributed by atoms with E-state index in [4.69, 9.17) is 4.74 Å². The Morgan fingerprint density at radius 2 is 2.05 bits per heavy atom. The molecule has 0 unspecified atom stereocenters. The van der Waals surface area contributed by atoms with Gasteiger partial charge in [0.25, 0.3) is 0 Å². The molecule has 0 aliphatic carbocycles. The fraction of sp³-hybridized carbons (Fsp3) is 0.562. The Bertz CT molecular complexity index is 498. The number of benzene rings is 1. The van der Waals surface area contributed by atoms with Crippen LogP contribution in [0.2, 0.25) is 0 Å². The molecule has 0 aromatic heterocycles. The van der Waals surface area contributed by atoms with Crippen molar-refractivity contribution in [3.8, 4) is 0 Å². The summed E-state index contributed by atoms with van der Waals surface area (Å²) in [6.07, 6.45) is 0. The minimum atomic E-state index is -0.463. The van der Waals surface area contributed by atoms with E-state index in [9.17, 15) is 9.18 Å². The molecule has 0 bridgehead atoms. The van der Waals surface area contributed by atoms with Gasteiger partial charge in [0.05, 0.1) is 7.11 Å². The lowest BCUT2D eigenvalue weighted by Gasteiger charge is -2.35. The predicted octanol–water partition coefficient (Wildman–Crippen LogP) is 2.66. The Hall–Kier alpha value is -1.46. The van der Waals surface area contributed by atoms with Crippen molar-refractivity contribution in [2.24, 2.45) is 5.41 Å². The first-order valence-corrected chi connectivity index (χ1v) is 6.96. The van der Waals surface area contributed by atoms with Crippen LogP contribution in [0, 0.1) is 18.2 Å². The molecule has 0 amide bonds. The summed E-state index contributed by atoms with van der Waals surface area (Å²) in [6, 6.07) is 4.81. The van der Waals surface area contributed by atoms with Crippen LogP contribution in [0.1, 0.15) is 31.9 Å². The zero-order chi connectivity index (χ0) is 16.2. The van der Waals surface area contributed by atoms with Crippen molar-refractivity contribution < 1.29 is 13.9 Å². The number of hydrazine groups is 1. The maximum Gasteiger partial charge on any atom is 0.325 e. The zero-order valence-corrected chi connectivity index (χ0v) is 13.7. The lowest BCUT2D eigenvalue weighted by Crippen LogP contribution is -2.53. The second-order valence-electron chi connectivity index (χ2n) is 6.29. The first kappa shape index (κ1) is 17.6. The molecule has 0 aliphatic rings. The van der Waals surface area contributed by atoms with Gasteiger partial charge in [-0.05, 0) is 17.9 Å². The average Bonchev–Trinajstić information content (AvgIpc) is 2.38. The first-order chi connectivity index (χ1) is 9.68. The first-order valence-electron chi connectivity index (χ1n) is 6.96. The van der Waals surface area contributed by atoms with Crippen molar-refractivity contribution in [2.45, 2.75) is 40.3 Å². The van der Waals surface area contributed by atoms with Crippen LogP contribution >= 0.6 is 0 Å². The maximum atomic E-state index is 14.0. The normalized spacial score (nSPS) is 13.3. The van der Waals surface area contributed by atoms with Crippen molar-refractivity contribution in [2.75, 3.05) is 14.2 Å². The van der Waals surface area contributed by atoms with E-state index in [0.29, 0.717) is 17.7 Å². The number of carbonyl (C=O) groups is 1. The molecule has 1 aromatic carbocycles. The standard InChI is InChI=1S/C16H25FN2O2/c1-11-8-7-9-12(13(11)17)10-18-19(5)14(15(20)21-6)16(2,3)4/h7-9,14,18H,10H2,1-6H3/t14-/m1/s1. The third-order valence-electron chi connectivity index (χ3n) is 3.42. The highest BCUT2D eigenvalue weighted by molar-refractivity contribution is 5.76. The number of nitrogens with one attached hydrogen (secondary N) is 1. The fourth-order valence-corrected chi connectivity index (χ4v) is 2.35. The van der Waals surface area contributed by atoms with Crippen molar-refractivity contribution >= 4 is 5.97 Å². The van der Waals surface area contributed by atoms with E-state index in [1.165, 1.54) is 7.11 Å². The van der Waals surface area contributed by atoms with E-state index in [-0.39, 0.29) is 17.2 Å². The molecule has 1 N–H and O–H groups in total. The van der Waals surface area contributed by atoms with Gasteiger partial charge in [-0.1, -0.05) is 39.0 Å². The fourth-order valence-electron chi connectivity index (χ4n) is 2.35. The number of halogens is 1. The molecule has 0 aliphatic heterocycles. The number of aryl methyl sites for hydroxylation is 1. The van der Waals surface area contributed by atoms with Gasteiger partial charge in [-0.15, -0.1) is 0 Å². The van der Waals surface area contributed by atoms with Crippen LogP contribution in [-0.2, 0) is 16.1 Å². The number of hydrogen-bond acceptors (Lipinski definition) is 4. The second kappa shape index (κ2) is 7.00. The van der Waals surface area contributed by atoms with E-state index in [2.05, 4.69) is 5.43 Å². The average molecular weight is 296 g/mol. The van der Waals surface area contributed by atoms with Gasteiger partial charge in [0.1, 0.15) is 11.9 Å². The summed E-state index contributed by atoms with van der Waals surface area (Å²) in [5, 5.41) is 1.69. The van der Waals surface area contributed by atoms with Crippen molar-refractivity contribution in [3.05, 3.63) is 35.1 Å². The highest BCUT2D eigenvalue weighted by Crippen LogP contribution is 2.24. The lowest BCUT2D eigenvalue weighted by molar-refractivity contribution is -0.152. The number of ether oxygens (including phenoxy) is 1. The van der Waals surface area contributed by atoms with Crippen LogP contribution < -0.4 is 5.43 Å². The summed E-state index contributed by atoms with van der Waals surface area (Å²) in [6.45, 7) is 7.92. The van der Waals surface area contributed by atoms with E-state index in [0.717, 1.165) is 0 Å². The van der Waals surface area contributed by atoms with Gasteiger partial charge in [-0.3, -0.25) is 10.2 Å². The van der Waals surface area contributed by atoms with Crippen molar-refractivity contribution in [3.63, 3.8) is 0 Å². The number of likely N-dealkylation sites (N-methyl/N-ethyl adjacent to an activating group) is 1. The third-order valence-corrected chi connectivity index (χ3v) is 3.42. The number of methoxy groups -OCH3 is 1. The van der Waals surface area contributed by atoms with Crippen LogP contribution in [0.25, 0.3) is 0 Å².